The second-order valence-corrected chi connectivity index (χ2v) is 12.6. The highest BCUT2D eigenvalue weighted by molar-refractivity contribution is 5.95. The lowest BCUT2D eigenvalue weighted by atomic mass is 9.91. The van der Waals surface area contributed by atoms with Crippen molar-refractivity contribution in [3.63, 3.8) is 0 Å². The van der Waals surface area contributed by atoms with Gasteiger partial charge in [0.05, 0.1) is 18.2 Å². The number of nitrogens with one attached hydrogen (secondary N) is 2. The Hall–Kier alpha value is -4.52. The number of aromatic hydroxyl groups is 1. The molecule has 2 aromatic rings. The molecule has 2 aliphatic rings. The fraction of sp³-hybridized carbons (Fsp3) is 0.444. The highest BCUT2D eigenvalue weighted by Gasteiger charge is 2.42. The average molecular weight is 665 g/mol. The van der Waals surface area contributed by atoms with E-state index in [2.05, 4.69) is 10.6 Å². The van der Waals surface area contributed by atoms with E-state index in [1.54, 1.807) is 69.3 Å². The van der Waals surface area contributed by atoms with Gasteiger partial charge in [0.15, 0.2) is 0 Å². The van der Waals surface area contributed by atoms with Crippen LogP contribution in [0.25, 0.3) is 6.08 Å². The molecule has 1 fully saturated rings. The van der Waals surface area contributed by atoms with Gasteiger partial charge < -0.3 is 39.8 Å². The number of benzene rings is 2. The zero-order valence-electron chi connectivity index (χ0n) is 27.5. The van der Waals surface area contributed by atoms with Gasteiger partial charge in [0.25, 0.3) is 0 Å². The van der Waals surface area contributed by atoms with Crippen molar-refractivity contribution in [2.45, 2.75) is 82.8 Å². The molecule has 2 amide bonds. The standard InChI is InChI=1S/C36H44N2O10/c1-36(2,3)48-32(42)16-15-26(21-39)38-31(41)17-18-37-34(43)25-19-29-33(46-22-45-29)30(20-25)47-35(44)27-13-6-4-9-23(27)11-8-12-24-10-5-7-14-28(24)40/h4-11,13-14,19,26,29-30,33,39-40H,12,15-18,20-22H2,1-3H3,(H,37,43)(H,38,41)/t26-,29+,30+,33+/m0/s1. The molecule has 4 atom stereocenters. The molecule has 258 valence electrons. The predicted molar refractivity (Wildman–Crippen MR) is 176 cm³/mol. The first kappa shape index (κ1) is 36.3. The van der Waals surface area contributed by atoms with Crippen LogP contribution in [-0.4, -0.2) is 83.9 Å². The number of esters is 2. The number of rotatable bonds is 14. The summed E-state index contributed by atoms with van der Waals surface area (Å²) in [6.07, 6.45) is 4.05. The summed E-state index contributed by atoms with van der Waals surface area (Å²) < 4.78 is 22.5. The normalized spacial score (nSPS) is 19.6. The topological polar surface area (TPSA) is 170 Å². The minimum atomic E-state index is -0.798. The zero-order chi connectivity index (χ0) is 34.7. The molecule has 4 N–H and O–H groups in total. The molecule has 0 saturated carbocycles. The quantitative estimate of drug-likeness (QED) is 0.220. The number of ether oxygens (including phenoxy) is 4. The Morgan fingerprint density at radius 3 is 2.54 bits per heavy atom. The van der Waals surface area contributed by atoms with Crippen LogP contribution in [-0.2, 0) is 39.8 Å². The molecule has 1 heterocycles. The van der Waals surface area contributed by atoms with E-state index in [1.807, 2.05) is 18.2 Å². The van der Waals surface area contributed by atoms with Crippen LogP contribution in [0, 0.1) is 0 Å². The molecule has 0 aromatic heterocycles. The number of hydrogen-bond donors (Lipinski definition) is 4. The number of fused-ring (bicyclic) bond motifs is 1. The van der Waals surface area contributed by atoms with Crippen molar-refractivity contribution < 1.29 is 48.3 Å². The summed E-state index contributed by atoms with van der Waals surface area (Å²) in [6.45, 7) is 4.93. The van der Waals surface area contributed by atoms with E-state index in [0.29, 0.717) is 23.1 Å². The molecule has 0 unspecified atom stereocenters. The van der Waals surface area contributed by atoms with Gasteiger partial charge in [-0.15, -0.1) is 0 Å². The summed E-state index contributed by atoms with van der Waals surface area (Å²) in [4.78, 5) is 50.9. The number of aliphatic hydroxyl groups is 1. The predicted octanol–water partition coefficient (Wildman–Crippen LogP) is 3.35. The van der Waals surface area contributed by atoms with Crippen LogP contribution in [0.15, 0.2) is 66.3 Å². The summed E-state index contributed by atoms with van der Waals surface area (Å²) in [7, 11) is 0. The van der Waals surface area contributed by atoms with Crippen LogP contribution in [0.1, 0.15) is 67.9 Å². The van der Waals surface area contributed by atoms with E-state index in [1.165, 1.54) is 0 Å². The lowest BCUT2D eigenvalue weighted by Crippen LogP contribution is -2.44. The largest absolute Gasteiger partial charge is 0.508 e. The molecule has 12 nitrogen and oxygen atoms in total. The van der Waals surface area contributed by atoms with Gasteiger partial charge in [-0.2, -0.15) is 0 Å². The van der Waals surface area contributed by atoms with E-state index in [0.717, 1.165) is 5.56 Å². The molecule has 2 aromatic carbocycles. The number of carbonyl (C=O) groups is 4. The van der Waals surface area contributed by atoms with Crippen molar-refractivity contribution >= 4 is 29.8 Å². The second-order valence-electron chi connectivity index (χ2n) is 12.6. The molecule has 0 bridgehead atoms. The number of phenols is 1. The fourth-order valence-electron chi connectivity index (χ4n) is 5.35. The molecule has 1 aliphatic carbocycles. The van der Waals surface area contributed by atoms with Crippen LogP contribution in [0.5, 0.6) is 5.75 Å². The van der Waals surface area contributed by atoms with Gasteiger partial charge in [-0.25, -0.2) is 4.79 Å². The van der Waals surface area contributed by atoms with Crippen molar-refractivity contribution in [3.05, 3.63) is 82.9 Å². The SMILES string of the molecule is CC(C)(C)OC(=O)CC[C@@H](CO)NC(=O)CCNC(=O)C1=C[C@H]2OCO[C@H]2[C@H](OC(=O)c2ccccc2C=CCc2ccccc2O)C1. The maximum Gasteiger partial charge on any atom is 0.339 e. The van der Waals surface area contributed by atoms with Gasteiger partial charge in [-0.05, 0) is 62.9 Å². The Labute approximate surface area is 280 Å². The van der Waals surface area contributed by atoms with Crippen LogP contribution in [0.4, 0.5) is 0 Å². The van der Waals surface area contributed by atoms with Crippen molar-refractivity contribution in [1.29, 1.82) is 0 Å². The maximum absolute atomic E-state index is 13.4. The van der Waals surface area contributed by atoms with Gasteiger partial charge in [0.1, 0.15) is 36.5 Å². The summed E-state index contributed by atoms with van der Waals surface area (Å²) in [5, 5.41) is 25.1. The Morgan fingerprint density at radius 1 is 1.04 bits per heavy atom. The zero-order valence-corrected chi connectivity index (χ0v) is 27.5. The molecule has 0 spiro atoms. The highest BCUT2D eigenvalue weighted by atomic mass is 16.7. The number of para-hydroxylation sites is 1. The summed E-state index contributed by atoms with van der Waals surface area (Å²) in [5.74, 6) is -1.65. The highest BCUT2D eigenvalue weighted by Crippen LogP contribution is 2.31. The van der Waals surface area contributed by atoms with Crippen molar-refractivity contribution in [3.8, 4) is 5.75 Å². The van der Waals surface area contributed by atoms with Crippen LogP contribution in [0.2, 0.25) is 0 Å². The molecular formula is C36H44N2O10. The number of allylic oxidation sites excluding steroid dienone is 1. The lowest BCUT2D eigenvalue weighted by molar-refractivity contribution is -0.155. The molecule has 12 heteroatoms. The maximum atomic E-state index is 13.4. The second kappa shape index (κ2) is 17.0. The minimum Gasteiger partial charge on any atom is -0.508 e. The molecule has 48 heavy (non-hydrogen) atoms. The number of aliphatic hydroxyl groups excluding tert-OH is 1. The van der Waals surface area contributed by atoms with Crippen molar-refractivity contribution in [2.24, 2.45) is 0 Å². The van der Waals surface area contributed by atoms with Crippen molar-refractivity contribution in [1.82, 2.24) is 10.6 Å². The average Bonchev–Trinajstić information content (AvgIpc) is 3.52. The van der Waals surface area contributed by atoms with Gasteiger partial charge in [0.2, 0.25) is 11.8 Å². The fourth-order valence-corrected chi connectivity index (χ4v) is 5.35. The first-order valence-electron chi connectivity index (χ1n) is 16.0. The summed E-state index contributed by atoms with van der Waals surface area (Å²) >= 11 is 0. The van der Waals surface area contributed by atoms with Gasteiger partial charge in [-0.1, -0.05) is 48.6 Å². The molecule has 0 radical (unpaired) electrons. The number of hydrogen-bond acceptors (Lipinski definition) is 10. The summed E-state index contributed by atoms with van der Waals surface area (Å²) in [5.41, 5.74) is 1.43. The number of phenolic OH excluding ortho intramolecular Hbond substituents is 1. The first-order valence-corrected chi connectivity index (χ1v) is 16.0. The third-order valence-electron chi connectivity index (χ3n) is 7.70. The van der Waals surface area contributed by atoms with E-state index >= 15 is 0 Å². The molecule has 1 aliphatic heterocycles. The van der Waals surface area contributed by atoms with Gasteiger partial charge in [-0.3, -0.25) is 14.4 Å². The Bertz CT molecular complexity index is 1510. The number of carbonyl (C=O) groups excluding carboxylic acids is 4. The number of amides is 2. The molecular weight excluding hydrogens is 620 g/mol. The van der Waals surface area contributed by atoms with Crippen molar-refractivity contribution in [2.75, 3.05) is 19.9 Å². The van der Waals surface area contributed by atoms with Gasteiger partial charge in [0, 0.05) is 31.4 Å². The summed E-state index contributed by atoms with van der Waals surface area (Å²) in [6, 6.07) is 13.4. The molecule has 1 saturated heterocycles. The van der Waals surface area contributed by atoms with Crippen LogP contribution < -0.4 is 10.6 Å². The molecule has 4 rings (SSSR count). The van der Waals surface area contributed by atoms with E-state index in [-0.39, 0.29) is 51.4 Å². The van der Waals surface area contributed by atoms with Crippen LogP contribution >= 0.6 is 0 Å². The van der Waals surface area contributed by atoms with E-state index < -0.39 is 53.7 Å². The minimum absolute atomic E-state index is 0.0133. The Morgan fingerprint density at radius 2 is 1.79 bits per heavy atom. The van der Waals surface area contributed by atoms with E-state index in [9.17, 15) is 29.4 Å². The van der Waals surface area contributed by atoms with E-state index in [4.69, 9.17) is 18.9 Å². The lowest BCUT2D eigenvalue weighted by Gasteiger charge is -2.30. The first-order chi connectivity index (χ1) is 22.9. The Kier molecular flexibility index (Phi) is 12.9. The third kappa shape index (κ3) is 10.8. The Balaban J connectivity index is 1.29. The monoisotopic (exact) mass is 664 g/mol. The van der Waals surface area contributed by atoms with Crippen LogP contribution in [0.3, 0.4) is 0 Å². The smallest absolute Gasteiger partial charge is 0.339 e. The third-order valence-corrected chi connectivity index (χ3v) is 7.70. The van der Waals surface area contributed by atoms with Gasteiger partial charge >= 0.3 is 11.9 Å².